The van der Waals surface area contributed by atoms with Crippen LogP contribution in [0.2, 0.25) is 5.02 Å². The van der Waals surface area contributed by atoms with Gasteiger partial charge in [-0.25, -0.2) is 28.2 Å². The zero-order valence-electron chi connectivity index (χ0n) is 30.6. The van der Waals surface area contributed by atoms with E-state index in [9.17, 15) is 32.0 Å². The standard InChI is InChI=1S/C38H36ClF5N10O3/c1-34(2,13-14-45)19-36(23-5-3-21(4-6-23)22-17-48-52(18-22)25-8-9-25)31(55)53(32(46)50-36)37(16-28(37)57-33(56)51-35(11-12-35)38(42,43)44)24-7-10-26(39)27(15-24)54-30(29(40)41)47-20-49-54/h3-7,10,15,17-18,20,25,28-29H,8-9,11-13,16,19H2,1-2H3,(H2,46,50)(H,51,56)/t28-,36+,37+/m0/s1. The van der Waals surface area contributed by atoms with Crippen molar-refractivity contribution in [1.82, 2.24) is 34.8 Å². The molecule has 57 heavy (non-hydrogen) atoms. The Balaban J connectivity index is 1.21. The highest BCUT2D eigenvalue weighted by molar-refractivity contribution is 6.32. The van der Waals surface area contributed by atoms with Gasteiger partial charge in [-0.1, -0.05) is 55.8 Å². The van der Waals surface area contributed by atoms with Crippen molar-refractivity contribution in [2.45, 2.75) is 100 Å². The van der Waals surface area contributed by atoms with Gasteiger partial charge in [0.05, 0.1) is 29.0 Å². The number of amides is 2. The van der Waals surface area contributed by atoms with Gasteiger partial charge in [0.2, 0.25) is 5.96 Å². The van der Waals surface area contributed by atoms with E-state index in [4.69, 9.17) is 27.1 Å². The lowest BCUT2D eigenvalue weighted by Gasteiger charge is -2.36. The molecule has 2 amide bonds. The first-order chi connectivity index (χ1) is 26.9. The number of guanidine groups is 1. The van der Waals surface area contributed by atoms with E-state index in [-0.39, 0.29) is 54.3 Å². The largest absolute Gasteiger partial charge is 0.443 e. The summed E-state index contributed by atoms with van der Waals surface area (Å²) < 4.78 is 77.8. The lowest BCUT2D eigenvalue weighted by Crippen LogP contribution is -2.52. The number of aromatic nitrogens is 5. The van der Waals surface area contributed by atoms with E-state index in [1.807, 2.05) is 42.2 Å². The first kappa shape index (κ1) is 38.3. The Hall–Kier alpha value is -5.57. The van der Waals surface area contributed by atoms with Crippen LogP contribution in [0.15, 0.2) is 66.2 Å². The Morgan fingerprint density at radius 2 is 1.81 bits per heavy atom. The molecule has 8 rings (SSSR count). The number of nitrogens with two attached hydrogens (primary N) is 1. The highest BCUT2D eigenvalue weighted by Gasteiger charge is 2.70. The molecule has 0 radical (unpaired) electrons. The Labute approximate surface area is 327 Å². The monoisotopic (exact) mass is 810 g/mol. The summed E-state index contributed by atoms with van der Waals surface area (Å²) in [6, 6.07) is 13.9. The predicted octanol–water partition coefficient (Wildman–Crippen LogP) is 7.23. The smallest absolute Gasteiger partial charge is 0.411 e. The van der Waals surface area contributed by atoms with E-state index in [0.717, 1.165) is 39.9 Å². The number of nitriles is 1. The lowest BCUT2D eigenvalue weighted by molar-refractivity contribution is -0.164. The molecule has 19 heteroatoms. The van der Waals surface area contributed by atoms with Gasteiger partial charge in [0.15, 0.2) is 11.4 Å². The normalized spacial score (nSPS) is 24.0. The fourth-order valence-electron chi connectivity index (χ4n) is 7.83. The van der Waals surface area contributed by atoms with Gasteiger partial charge >= 0.3 is 12.3 Å². The third kappa shape index (κ3) is 6.55. The second kappa shape index (κ2) is 13.3. The minimum absolute atomic E-state index is 0.00131. The van der Waals surface area contributed by atoms with Gasteiger partial charge in [0.1, 0.15) is 23.5 Å². The summed E-state index contributed by atoms with van der Waals surface area (Å²) >= 11 is 6.50. The van der Waals surface area contributed by atoms with Crippen LogP contribution in [0.1, 0.15) is 88.2 Å². The van der Waals surface area contributed by atoms with Crippen molar-refractivity contribution in [2.75, 3.05) is 0 Å². The second-order valence-corrected chi connectivity index (χ2v) is 16.3. The molecule has 0 unspecified atom stereocenters. The average molecular weight is 811 g/mol. The van der Waals surface area contributed by atoms with Crippen LogP contribution in [0.5, 0.6) is 0 Å². The Morgan fingerprint density at radius 3 is 2.44 bits per heavy atom. The van der Waals surface area contributed by atoms with Gasteiger partial charge in [-0.15, -0.1) is 0 Å². The van der Waals surface area contributed by atoms with E-state index in [1.54, 1.807) is 18.3 Å². The van der Waals surface area contributed by atoms with Gasteiger partial charge < -0.3 is 15.8 Å². The molecule has 1 aliphatic heterocycles. The molecule has 0 spiro atoms. The van der Waals surface area contributed by atoms with Gasteiger partial charge in [0, 0.05) is 24.6 Å². The lowest BCUT2D eigenvalue weighted by atomic mass is 9.73. The molecule has 2 aromatic heterocycles. The quantitative estimate of drug-likeness (QED) is 0.141. The molecule has 0 bridgehead atoms. The van der Waals surface area contributed by atoms with Crippen LogP contribution in [-0.2, 0) is 20.6 Å². The fourth-order valence-corrected chi connectivity index (χ4v) is 8.02. The molecule has 2 aromatic carbocycles. The molecule has 3 fully saturated rings. The summed E-state index contributed by atoms with van der Waals surface area (Å²) in [4.78, 5) is 38.1. The van der Waals surface area contributed by atoms with E-state index in [2.05, 4.69) is 21.3 Å². The van der Waals surface area contributed by atoms with Crippen LogP contribution >= 0.6 is 11.6 Å². The number of hydrogen-bond acceptors (Lipinski definition) is 9. The third-order valence-corrected chi connectivity index (χ3v) is 11.5. The highest BCUT2D eigenvalue weighted by Crippen LogP contribution is 2.58. The number of nitrogens with zero attached hydrogens (tertiary/aromatic N) is 8. The maximum atomic E-state index is 15.3. The summed E-state index contributed by atoms with van der Waals surface area (Å²) in [7, 11) is 0. The summed E-state index contributed by atoms with van der Waals surface area (Å²) in [5, 5.41) is 20.0. The molecule has 13 nitrogen and oxygen atoms in total. The maximum absolute atomic E-state index is 15.3. The number of alkyl halides is 5. The molecule has 3 atom stereocenters. The second-order valence-electron chi connectivity index (χ2n) is 15.9. The van der Waals surface area contributed by atoms with Crippen LogP contribution in [0.25, 0.3) is 16.8 Å². The molecule has 298 valence electrons. The van der Waals surface area contributed by atoms with Crippen molar-refractivity contribution < 1.29 is 36.3 Å². The predicted molar refractivity (Wildman–Crippen MR) is 194 cm³/mol. The van der Waals surface area contributed by atoms with Crippen molar-refractivity contribution in [3.63, 3.8) is 0 Å². The summed E-state index contributed by atoms with van der Waals surface area (Å²) in [5.74, 6) is -1.69. The van der Waals surface area contributed by atoms with Crippen molar-refractivity contribution in [3.05, 3.63) is 83.2 Å². The van der Waals surface area contributed by atoms with Crippen molar-refractivity contribution in [1.29, 1.82) is 5.26 Å². The fraction of sp³-hybridized carbons (Fsp3) is 0.447. The number of ether oxygens (including phenoxy) is 1. The molecule has 4 aliphatic rings. The molecule has 3 heterocycles. The number of hydrogen-bond donors (Lipinski definition) is 2. The van der Waals surface area contributed by atoms with E-state index >= 15 is 4.79 Å². The first-order valence-corrected chi connectivity index (χ1v) is 18.6. The first-order valence-electron chi connectivity index (χ1n) is 18.2. The number of benzene rings is 2. The number of halogens is 6. The molecule has 3 aliphatic carbocycles. The van der Waals surface area contributed by atoms with Crippen molar-refractivity contribution >= 4 is 29.6 Å². The molecular formula is C38H36ClF5N10O3. The van der Waals surface area contributed by atoms with Crippen LogP contribution in [0.4, 0.5) is 26.7 Å². The minimum Gasteiger partial charge on any atom is -0.443 e. The molecule has 3 N–H and O–H groups in total. The maximum Gasteiger partial charge on any atom is 0.411 e. The Kier molecular flexibility index (Phi) is 8.91. The summed E-state index contributed by atoms with van der Waals surface area (Å²) in [6.45, 7) is 3.61. The molecule has 3 saturated carbocycles. The molecule has 0 saturated heterocycles. The summed E-state index contributed by atoms with van der Waals surface area (Å²) in [5.41, 5.74) is 2.31. The molecule has 4 aromatic rings. The number of carbonyl (C=O) groups excluding carboxylic acids is 2. The van der Waals surface area contributed by atoms with E-state index in [0.29, 0.717) is 11.6 Å². The minimum atomic E-state index is -4.73. The number of aliphatic imine (C=N–C) groups is 1. The topological polar surface area (TPSA) is 169 Å². The van der Waals surface area contributed by atoms with Crippen molar-refractivity contribution in [2.24, 2.45) is 16.1 Å². The van der Waals surface area contributed by atoms with Crippen molar-refractivity contribution in [3.8, 4) is 22.9 Å². The van der Waals surface area contributed by atoms with E-state index < -0.39 is 58.6 Å². The van der Waals surface area contributed by atoms with Gasteiger partial charge in [0.25, 0.3) is 12.3 Å². The Bertz CT molecular complexity index is 2330. The van der Waals surface area contributed by atoms with E-state index in [1.165, 1.54) is 18.2 Å². The Morgan fingerprint density at radius 1 is 1.11 bits per heavy atom. The van der Waals surface area contributed by atoms with Crippen LogP contribution in [-0.4, -0.2) is 65.2 Å². The zero-order chi connectivity index (χ0) is 40.7. The summed E-state index contributed by atoms with van der Waals surface area (Å²) in [6.07, 6.45) is -4.49. The van der Waals surface area contributed by atoms with Crippen LogP contribution < -0.4 is 11.1 Å². The number of carbonyl (C=O) groups is 2. The number of rotatable bonds is 12. The third-order valence-electron chi connectivity index (χ3n) is 11.2. The average Bonchev–Trinajstić information content (AvgIpc) is 4.11. The zero-order valence-corrected chi connectivity index (χ0v) is 31.4. The van der Waals surface area contributed by atoms with Crippen LogP contribution in [0.3, 0.4) is 0 Å². The van der Waals surface area contributed by atoms with Gasteiger partial charge in [-0.2, -0.15) is 28.6 Å². The SMILES string of the molecule is CC(C)(CC#N)C[C@]1(c2ccc(-c3cnn(C4CC4)c3)cc2)N=C(N)N([C@@]2(c3ccc(Cl)c(-n4ncnc4C(F)F)c3)C[C@@H]2OC(=O)NC2(C(F)(F)F)CC2)C1=O. The molecular weight excluding hydrogens is 775 g/mol. The number of nitrogens with one attached hydrogen (secondary N) is 1. The van der Waals surface area contributed by atoms with Crippen LogP contribution in [0, 0.1) is 16.7 Å². The van der Waals surface area contributed by atoms with Gasteiger partial charge in [-0.3, -0.25) is 14.4 Å². The highest BCUT2D eigenvalue weighted by atomic mass is 35.5. The number of alkyl carbamates (subject to hydrolysis) is 1. The van der Waals surface area contributed by atoms with Gasteiger partial charge in [-0.05, 0) is 66.3 Å².